The van der Waals surface area contributed by atoms with E-state index in [0.29, 0.717) is 19.4 Å². The molecule has 0 radical (unpaired) electrons. The van der Waals surface area contributed by atoms with Crippen LogP contribution in [-0.2, 0) is 11.2 Å². The summed E-state index contributed by atoms with van der Waals surface area (Å²) in [6.45, 7) is 4.28. The first-order valence-corrected chi connectivity index (χ1v) is 8.92. The second kappa shape index (κ2) is 7.30. The summed E-state index contributed by atoms with van der Waals surface area (Å²) >= 11 is 0. The largest absolute Gasteiger partial charge is 0.325 e. The summed E-state index contributed by atoms with van der Waals surface area (Å²) in [4.78, 5) is 31.3. The van der Waals surface area contributed by atoms with Gasteiger partial charge in [0.15, 0.2) is 0 Å². The Morgan fingerprint density at radius 1 is 1.29 bits per heavy atom. The van der Waals surface area contributed by atoms with Crippen LogP contribution in [0.25, 0.3) is 0 Å². The third-order valence-electron chi connectivity index (χ3n) is 5.20. The minimum Gasteiger partial charge on any atom is -0.323 e. The molecule has 24 heavy (non-hydrogen) atoms. The van der Waals surface area contributed by atoms with Gasteiger partial charge in [0.25, 0.3) is 5.91 Å². The molecule has 0 aromatic carbocycles. The normalized spacial score (nSPS) is 25.1. The Morgan fingerprint density at radius 3 is 2.75 bits per heavy atom. The van der Waals surface area contributed by atoms with E-state index in [0.717, 1.165) is 38.0 Å². The lowest BCUT2D eigenvalue weighted by atomic mass is 9.75. The Morgan fingerprint density at radius 2 is 2.08 bits per heavy atom. The zero-order valence-electron chi connectivity index (χ0n) is 14.3. The summed E-state index contributed by atoms with van der Waals surface area (Å²) < 4.78 is 0. The Balaban J connectivity index is 1.75. The number of piperidine rings is 1. The highest BCUT2D eigenvalue weighted by atomic mass is 16.2. The minimum atomic E-state index is -0.710. The molecule has 2 fully saturated rings. The fourth-order valence-corrected chi connectivity index (χ4v) is 3.98. The molecule has 6 nitrogen and oxygen atoms in total. The molecule has 2 N–H and O–H groups in total. The van der Waals surface area contributed by atoms with Gasteiger partial charge in [0.2, 0.25) is 0 Å². The van der Waals surface area contributed by atoms with Gasteiger partial charge in [-0.2, -0.15) is 0 Å². The van der Waals surface area contributed by atoms with Crippen molar-refractivity contribution in [2.75, 3.05) is 19.6 Å². The number of imide groups is 1. The average Bonchev–Trinajstić information content (AvgIpc) is 2.86. The molecule has 6 heteroatoms. The van der Waals surface area contributed by atoms with E-state index in [4.69, 9.17) is 0 Å². The summed E-state index contributed by atoms with van der Waals surface area (Å²) in [6.07, 6.45) is 5.78. The first-order chi connectivity index (χ1) is 11.7. The van der Waals surface area contributed by atoms with Crippen LogP contribution in [0.5, 0.6) is 0 Å². The van der Waals surface area contributed by atoms with Crippen LogP contribution in [0.2, 0.25) is 0 Å². The molecule has 0 spiro atoms. The van der Waals surface area contributed by atoms with Crippen molar-refractivity contribution in [2.45, 2.75) is 44.6 Å². The van der Waals surface area contributed by atoms with E-state index < -0.39 is 5.54 Å². The highest BCUT2D eigenvalue weighted by molar-refractivity contribution is 6.07. The lowest BCUT2D eigenvalue weighted by Gasteiger charge is -2.37. The van der Waals surface area contributed by atoms with Gasteiger partial charge in [0, 0.05) is 24.9 Å². The zero-order chi connectivity index (χ0) is 17.0. The number of nitrogens with zero attached hydrogens (tertiary/aromatic N) is 2. The predicted octanol–water partition coefficient (Wildman–Crippen LogP) is 1.71. The van der Waals surface area contributed by atoms with Crippen molar-refractivity contribution in [3.63, 3.8) is 0 Å². The monoisotopic (exact) mass is 330 g/mol. The first-order valence-electron chi connectivity index (χ1n) is 8.92. The van der Waals surface area contributed by atoms with Crippen LogP contribution < -0.4 is 10.6 Å². The van der Waals surface area contributed by atoms with Crippen molar-refractivity contribution in [3.05, 3.63) is 30.1 Å². The molecular formula is C18H26N4O2. The summed E-state index contributed by atoms with van der Waals surface area (Å²) in [7, 11) is 0. The second-order valence-electron chi connectivity index (χ2n) is 6.70. The summed E-state index contributed by atoms with van der Waals surface area (Å²) in [6, 6.07) is 5.46. The number of hydrogen-bond acceptors (Lipinski definition) is 4. The van der Waals surface area contributed by atoms with Crippen LogP contribution in [0.3, 0.4) is 0 Å². The fraction of sp³-hybridized carbons (Fsp3) is 0.611. The lowest BCUT2D eigenvalue weighted by Crippen LogP contribution is -2.55. The molecule has 2 saturated heterocycles. The van der Waals surface area contributed by atoms with Gasteiger partial charge in [-0.15, -0.1) is 0 Å². The van der Waals surface area contributed by atoms with Crippen molar-refractivity contribution in [3.8, 4) is 0 Å². The van der Waals surface area contributed by atoms with Gasteiger partial charge < -0.3 is 10.6 Å². The molecule has 1 unspecified atom stereocenters. The van der Waals surface area contributed by atoms with E-state index in [9.17, 15) is 9.59 Å². The Labute approximate surface area is 143 Å². The van der Waals surface area contributed by atoms with Gasteiger partial charge in [0.1, 0.15) is 5.54 Å². The number of hydrogen-bond donors (Lipinski definition) is 2. The molecule has 3 heterocycles. The van der Waals surface area contributed by atoms with Gasteiger partial charge in [-0.25, -0.2) is 4.79 Å². The molecule has 130 valence electrons. The molecule has 2 aliphatic heterocycles. The molecule has 3 amide bonds. The van der Waals surface area contributed by atoms with Crippen LogP contribution in [0.15, 0.2) is 24.4 Å². The van der Waals surface area contributed by atoms with Gasteiger partial charge in [0.05, 0.1) is 0 Å². The number of amides is 3. The van der Waals surface area contributed by atoms with E-state index in [-0.39, 0.29) is 17.9 Å². The van der Waals surface area contributed by atoms with Crippen molar-refractivity contribution in [1.82, 2.24) is 20.5 Å². The van der Waals surface area contributed by atoms with Crippen LogP contribution in [0, 0.1) is 5.92 Å². The van der Waals surface area contributed by atoms with E-state index in [1.54, 1.807) is 6.20 Å². The van der Waals surface area contributed by atoms with Gasteiger partial charge >= 0.3 is 6.03 Å². The van der Waals surface area contributed by atoms with E-state index in [1.165, 1.54) is 4.90 Å². The van der Waals surface area contributed by atoms with Crippen LogP contribution in [-0.4, -0.2) is 47.0 Å². The number of rotatable bonds is 6. The Hall–Kier alpha value is -1.95. The predicted molar refractivity (Wildman–Crippen MR) is 91.4 cm³/mol. The fourth-order valence-electron chi connectivity index (χ4n) is 3.98. The maximum absolute atomic E-state index is 13.2. The van der Waals surface area contributed by atoms with Crippen LogP contribution >= 0.6 is 0 Å². The Bertz CT molecular complexity index is 586. The minimum absolute atomic E-state index is 0.0443. The van der Waals surface area contributed by atoms with Gasteiger partial charge in [-0.05, 0) is 50.4 Å². The van der Waals surface area contributed by atoms with Gasteiger partial charge in [-0.3, -0.25) is 14.7 Å². The first kappa shape index (κ1) is 16.9. The van der Waals surface area contributed by atoms with E-state index >= 15 is 0 Å². The molecule has 0 aliphatic carbocycles. The smallest absolute Gasteiger partial charge is 0.323 e. The molecule has 3 rings (SSSR count). The number of carbonyl (C=O) groups excluding carboxylic acids is 2. The highest BCUT2D eigenvalue weighted by Crippen LogP contribution is 2.35. The molecule has 0 bridgehead atoms. The number of carbonyl (C=O) groups is 2. The quantitative estimate of drug-likeness (QED) is 0.779. The second-order valence-corrected chi connectivity index (χ2v) is 6.70. The lowest BCUT2D eigenvalue weighted by molar-refractivity contribution is -0.134. The molecule has 1 aromatic rings. The van der Waals surface area contributed by atoms with Crippen LogP contribution in [0.4, 0.5) is 4.79 Å². The van der Waals surface area contributed by atoms with Crippen molar-refractivity contribution >= 4 is 11.9 Å². The number of aromatic nitrogens is 1. The SMILES string of the molecule is CCCC1(C2CCNCC2)NC(=O)N(CCc2ccccn2)C1=O. The average molecular weight is 330 g/mol. The molecular weight excluding hydrogens is 304 g/mol. The van der Waals surface area contributed by atoms with Gasteiger partial charge in [-0.1, -0.05) is 19.4 Å². The number of pyridine rings is 1. The van der Waals surface area contributed by atoms with Crippen molar-refractivity contribution in [2.24, 2.45) is 5.92 Å². The Kier molecular flexibility index (Phi) is 5.14. The molecule has 2 aliphatic rings. The van der Waals surface area contributed by atoms with Crippen molar-refractivity contribution < 1.29 is 9.59 Å². The zero-order valence-corrected chi connectivity index (χ0v) is 14.3. The summed E-state index contributed by atoms with van der Waals surface area (Å²) in [5.74, 6) is 0.173. The maximum Gasteiger partial charge on any atom is 0.325 e. The topological polar surface area (TPSA) is 74.3 Å². The summed E-state index contributed by atoms with van der Waals surface area (Å²) in [5, 5.41) is 6.40. The maximum atomic E-state index is 13.2. The van der Waals surface area contributed by atoms with Crippen LogP contribution in [0.1, 0.15) is 38.3 Å². The summed E-state index contributed by atoms with van der Waals surface area (Å²) in [5.41, 5.74) is 0.186. The number of nitrogens with one attached hydrogen (secondary N) is 2. The van der Waals surface area contributed by atoms with E-state index in [1.807, 2.05) is 18.2 Å². The molecule has 1 atom stereocenters. The standard InChI is InChI=1S/C18H26N4O2/c1-2-9-18(14-6-11-19-12-7-14)16(23)22(17(24)21-18)13-8-15-5-3-4-10-20-15/h3-5,10,14,19H,2,6-9,11-13H2,1H3,(H,21,24). The molecule has 0 saturated carbocycles. The van der Waals surface area contributed by atoms with E-state index in [2.05, 4.69) is 22.5 Å². The number of urea groups is 1. The molecule has 1 aromatic heterocycles. The third kappa shape index (κ3) is 3.15. The highest BCUT2D eigenvalue weighted by Gasteiger charge is 2.54. The third-order valence-corrected chi connectivity index (χ3v) is 5.20. The van der Waals surface area contributed by atoms with Crippen molar-refractivity contribution in [1.29, 1.82) is 0 Å².